The lowest BCUT2D eigenvalue weighted by Crippen LogP contribution is -2.08. The largest absolute Gasteiger partial charge is 0.376 e. The molecular formula is C18H19FN2. The summed E-state index contributed by atoms with van der Waals surface area (Å²) < 4.78 is 13.9. The molecule has 2 aromatic rings. The van der Waals surface area contributed by atoms with Gasteiger partial charge in [-0.15, -0.1) is 0 Å². The van der Waals surface area contributed by atoms with E-state index in [1.54, 1.807) is 12.1 Å². The second-order valence-corrected chi connectivity index (χ2v) is 5.49. The zero-order valence-electron chi connectivity index (χ0n) is 12.5. The number of rotatable bonds is 4. The molecular weight excluding hydrogens is 263 g/mol. The fourth-order valence-corrected chi connectivity index (χ4v) is 2.19. The molecule has 0 fully saturated rings. The Morgan fingerprint density at radius 3 is 2.14 bits per heavy atom. The van der Waals surface area contributed by atoms with Crippen LogP contribution < -0.4 is 5.32 Å². The predicted octanol–water partition coefficient (Wildman–Crippen LogP) is 4.99. The number of nitrogens with zero attached hydrogens (tertiary/aromatic N) is 1. The van der Waals surface area contributed by atoms with Gasteiger partial charge in [0.2, 0.25) is 0 Å². The van der Waals surface area contributed by atoms with Crippen LogP contribution in [-0.4, -0.2) is 0 Å². The summed E-state index contributed by atoms with van der Waals surface area (Å²) in [5.41, 5.74) is 3.13. The SMILES string of the molecule is CC(C)c1ccc(C(C)Nc2ccc(C#N)cc2F)cc1. The molecule has 0 heterocycles. The third kappa shape index (κ3) is 3.61. The maximum atomic E-state index is 13.9. The molecule has 2 rings (SSSR count). The van der Waals surface area contributed by atoms with Gasteiger partial charge >= 0.3 is 0 Å². The van der Waals surface area contributed by atoms with Crippen LogP contribution >= 0.6 is 0 Å². The van der Waals surface area contributed by atoms with E-state index in [0.29, 0.717) is 17.2 Å². The van der Waals surface area contributed by atoms with Gasteiger partial charge in [0.15, 0.2) is 0 Å². The van der Waals surface area contributed by atoms with Crippen LogP contribution in [0.3, 0.4) is 0 Å². The van der Waals surface area contributed by atoms with Crippen LogP contribution in [0.5, 0.6) is 0 Å². The van der Waals surface area contributed by atoms with E-state index in [-0.39, 0.29) is 6.04 Å². The normalized spacial score (nSPS) is 12.0. The van der Waals surface area contributed by atoms with Gasteiger partial charge in [0.1, 0.15) is 5.82 Å². The third-order valence-corrected chi connectivity index (χ3v) is 3.57. The minimum Gasteiger partial charge on any atom is -0.376 e. The van der Waals surface area contributed by atoms with E-state index in [1.165, 1.54) is 11.6 Å². The lowest BCUT2D eigenvalue weighted by atomic mass is 9.99. The standard InChI is InChI=1S/C18H19FN2/c1-12(2)15-5-7-16(8-6-15)13(3)21-18-9-4-14(11-20)10-17(18)19/h4-10,12-13,21H,1-3H3. The Balaban J connectivity index is 2.14. The Morgan fingerprint density at radius 2 is 1.62 bits per heavy atom. The average molecular weight is 282 g/mol. The van der Waals surface area contributed by atoms with Gasteiger partial charge in [-0.25, -0.2) is 4.39 Å². The molecule has 3 heteroatoms. The van der Waals surface area contributed by atoms with Gasteiger partial charge in [0, 0.05) is 6.04 Å². The van der Waals surface area contributed by atoms with Gasteiger partial charge < -0.3 is 5.32 Å². The second kappa shape index (κ2) is 6.41. The summed E-state index contributed by atoms with van der Waals surface area (Å²) in [4.78, 5) is 0. The van der Waals surface area contributed by atoms with E-state index in [4.69, 9.17) is 5.26 Å². The van der Waals surface area contributed by atoms with E-state index in [1.807, 2.05) is 13.0 Å². The van der Waals surface area contributed by atoms with E-state index >= 15 is 0 Å². The van der Waals surface area contributed by atoms with Gasteiger partial charge in [-0.1, -0.05) is 38.1 Å². The maximum Gasteiger partial charge on any atom is 0.147 e. The van der Waals surface area contributed by atoms with Gasteiger partial charge in [-0.2, -0.15) is 5.26 Å². The van der Waals surface area contributed by atoms with Crippen molar-refractivity contribution in [2.24, 2.45) is 0 Å². The summed E-state index contributed by atoms with van der Waals surface area (Å²) in [6.07, 6.45) is 0. The van der Waals surface area contributed by atoms with Crippen molar-refractivity contribution in [2.45, 2.75) is 32.7 Å². The third-order valence-electron chi connectivity index (χ3n) is 3.57. The molecule has 108 valence electrons. The van der Waals surface area contributed by atoms with Crippen LogP contribution in [0, 0.1) is 17.1 Å². The van der Waals surface area contributed by atoms with Gasteiger partial charge in [0.05, 0.1) is 17.3 Å². The summed E-state index contributed by atoms with van der Waals surface area (Å²) >= 11 is 0. The molecule has 21 heavy (non-hydrogen) atoms. The van der Waals surface area contributed by atoms with Crippen molar-refractivity contribution in [2.75, 3.05) is 5.32 Å². The molecule has 0 aliphatic carbocycles. The monoisotopic (exact) mass is 282 g/mol. The van der Waals surface area contributed by atoms with Crippen molar-refractivity contribution in [3.8, 4) is 6.07 Å². The number of nitrogens with one attached hydrogen (secondary N) is 1. The van der Waals surface area contributed by atoms with Gasteiger partial charge in [0.25, 0.3) is 0 Å². The highest BCUT2D eigenvalue weighted by molar-refractivity contribution is 5.50. The Morgan fingerprint density at radius 1 is 1.00 bits per heavy atom. The molecule has 0 amide bonds. The van der Waals surface area contributed by atoms with Crippen LogP contribution in [0.15, 0.2) is 42.5 Å². The molecule has 2 nitrogen and oxygen atoms in total. The first kappa shape index (κ1) is 15.1. The highest BCUT2D eigenvalue weighted by Gasteiger charge is 2.09. The van der Waals surface area contributed by atoms with Crippen LogP contribution in [0.25, 0.3) is 0 Å². The van der Waals surface area contributed by atoms with Crippen LogP contribution in [0.2, 0.25) is 0 Å². The number of nitriles is 1. The van der Waals surface area contributed by atoms with E-state index in [0.717, 1.165) is 5.56 Å². The van der Waals surface area contributed by atoms with Crippen molar-refractivity contribution < 1.29 is 4.39 Å². The molecule has 1 N–H and O–H groups in total. The molecule has 1 unspecified atom stereocenters. The molecule has 2 aromatic carbocycles. The molecule has 0 aliphatic rings. The smallest absolute Gasteiger partial charge is 0.147 e. The minimum absolute atomic E-state index is 0.00588. The van der Waals surface area contributed by atoms with Crippen molar-refractivity contribution in [3.05, 3.63) is 65.0 Å². The van der Waals surface area contributed by atoms with Crippen LogP contribution in [-0.2, 0) is 0 Å². The van der Waals surface area contributed by atoms with E-state index in [2.05, 4.69) is 43.4 Å². The van der Waals surface area contributed by atoms with E-state index in [9.17, 15) is 4.39 Å². The lowest BCUT2D eigenvalue weighted by Gasteiger charge is -2.17. The summed E-state index contributed by atoms with van der Waals surface area (Å²) in [5.74, 6) is 0.0954. The zero-order valence-corrected chi connectivity index (χ0v) is 12.5. The van der Waals surface area contributed by atoms with Gasteiger partial charge in [-0.05, 0) is 42.2 Å². The van der Waals surface area contributed by atoms with Gasteiger partial charge in [-0.3, -0.25) is 0 Å². The average Bonchev–Trinajstić information content (AvgIpc) is 2.49. The summed E-state index contributed by atoms with van der Waals surface area (Å²) in [6.45, 7) is 6.30. The van der Waals surface area contributed by atoms with E-state index < -0.39 is 5.82 Å². The number of halogens is 1. The van der Waals surface area contributed by atoms with Crippen LogP contribution in [0.1, 0.15) is 49.4 Å². The minimum atomic E-state index is -0.403. The quantitative estimate of drug-likeness (QED) is 0.857. The fourth-order valence-electron chi connectivity index (χ4n) is 2.19. The highest BCUT2D eigenvalue weighted by Crippen LogP contribution is 2.24. The number of hydrogen-bond acceptors (Lipinski definition) is 2. The summed E-state index contributed by atoms with van der Waals surface area (Å²) in [5, 5.41) is 11.9. The first-order valence-corrected chi connectivity index (χ1v) is 7.07. The van der Waals surface area contributed by atoms with Crippen LogP contribution in [0.4, 0.5) is 10.1 Å². The number of hydrogen-bond donors (Lipinski definition) is 1. The molecule has 1 atom stereocenters. The molecule has 0 saturated heterocycles. The summed E-state index contributed by atoms with van der Waals surface area (Å²) in [7, 11) is 0. The number of anilines is 1. The fraction of sp³-hybridized carbons (Fsp3) is 0.278. The summed E-state index contributed by atoms with van der Waals surface area (Å²) in [6, 6.07) is 14.7. The Kier molecular flexibility index (Phi) is 4.59. The zero-order chi connectivity index (χ0) is 15.4. The Labute approximate surface area is 125 Å². The molecule has 0 aliphatic heterocycles. The topological polar surface area (TPSA) is 35.8 Å². The lowest BCUT2D eigenvalue weighted by molar-refractivity contribution is 0.627. The first-order valence-electron chi connectivity index (χ1n) is 7.07. The van der Waals surface area contributed by atoms with Crippen molar-refractivity contribution in [1.82, 2.24) is 0 Å². The Hall–Kier alpha value is -2.34. The molecule has 0 radical (unpaired) electrons. The van der Waals surface area contributed by atoms with Crippen molar-refractivity contribution in [3.63, 3.8) is 0 Å². The molecule has 0 spiro atoms. The van der Waals surface area contributed by atoms with Crippen molar-refractivity contribution >= 4 is 5.69 Å². The Bertz CT molecular complexity index is 654. The van der Waals surface area contributed by atoms with Crippen molar-refractivity contribution in [1.29, 1.82) is 5.26 Å². The predicted molar refractivity (Wildman–Crippen MR) is 83.7 cm³/mol. The molecule has 0 saturated carbocycles. The molecule has 0 aromatic heterocycles. The number of benzene rings is 2. The second-order valence-electron chi connectivity index (χ2n) is 5.49. The first-order chi connectivity index (χ1) is 10.0. The highest BCUT2D eigenvalue weighted by atomic mass is 19.1. The molecule has 0 bridgehead atoms. The maximum absolute atomic E-state index is 13.9.